The molecular formula is C16H24N4O4. The van der Waals surface area contributed by atoms with E-state index < -0.39 is 5.97 Å². The number of aliphatic hydroxyl groups excluding tert-OH is 1. The summed E-state index contributed by atoms with van der Waals surface area (Å²) in [6, 6.07) is 0.213. The van der Waals surface area contributed by atoms with Crippen molar-refractivity contribution < 1.29 is 19.7 Å². The summed E-state index contributed by atoms with van der Waals surface area (Å²) < 4.78 is 5.56. The minimum Gasteiger partial charge on any atom is -0.478 e. The number of carboxylic acids is 1. The van der Waals surface area contributed by atoms with Gasteiger partial charge in [-0.05, 0) is 38.7 Å². The molecule has 0 bridgehead atoms. The van der Waals surface area contributed by atoms with Gasteiger partial charge in [0.05, 0.1) is 25.0 Å². The first-order valence-corrected chi connectivity index (χ1v) is 8.03. The predicted molar refractivity (Wildman–Crippen MR) is 90.6 cm³/mol. The van der Waals surface area contributed by atoms with Gasteiger partial charge in [-0.25, -0.2) is 9.78 Å². The van der Waals surface area contributed by atoms with Crippen LogP contribution in [-0.4, -0.2) is 51.5 Å². The molecule has 1 heterocycles. The number of carboxylic acid groups (broad SMARTS) is 1. The minimum atomic E-state index is -1.03. The molecule has 0 aliphatic heterocycles. The van der Waals surface area contributed by atoms with Gasteiger partial charge < -0.3 is 26.0 Å². The maximum atomic E-state index is 10.8. The molecule has 0 unspecified atom stereocenters. The van der Waals surface area contributed by atoms with E-state index in [0.29, 0.717) is 23.7 Å². The second kappa shape index (κ2) is 8.60. The van der Waals surface area contributed by atoms with E-state index >= 15 is 0 Å². The van der Waals surface area contributed by atoms with Crippen LogP contribution < -0.4 is 11.1 Å². The molecule has 1 aromatic rings. The quantitative estimate of drug-likeness (QED) is 0.546. The Labute approximate surface area is 140 Å². The first kappa shape index (κ1) is 18.2. The summed E-state index contributed by atoms with van der Waals surface area (Å²) in [5.41, 5.74) is 6.98. The molecule has 8 heteroatoms. The number of ether oxygens (including phenoxy) is 1. The average molecular weight is 336 g/mol. The van der Waals surface area contributed by atoms with E-state index in [4.69, 9.17) is 20.7 Å². The van der Waals surface area contributed by atoms with Crippen molar-refractivity contribution in [3.8, 4) is 0 Å². The number of aliphatic hydroxyl groups is 1. The van der Waals surface area contributed by atoms with Crippen LogP contribution in [0.15, 0.2) is 6.08 Å². The fourth-order valence-corrected chi connectivity index (χ4v) is 2.85. The smallest absolute Gasteiger partial charge is 0.328 e. The molecule has 2 rings (SSSR count). The van der Waals surface area contributed by atoms with E-state index in [2.05, 4.69) is 15.3 Å². The second-order valence-corrected chi connectivity index (χ2v) is 5.81. The Balaban J connectivity index is 2.05. The number of aliphatic carboxylic acids is 1. The van der Waals surface area contributed by atoms with Crippen molar-refractivity contribution in [1.82, 2.24) is 9.97 Å². The standard InChI is InChI=1S/C16H24N4O4/c1-10-13(6-7-14(22)23)15(20-16(17)18-10)19-11-2-4-12(5-3-11)24-9-8-21/h6-7,11-12,21H,2-5,8-9H2,1H3,(H,22,23)(H3,17,18,19,20)/t11-,12+. The highest BCUT2D eigenvalue weighted by Crippen LogP contribution is 2.26. The Hall–Kier alpha value is -2.19. The zero-order valence-corrected chi connectivity index (χ0v) is 13.7. The lowest BCUT2D eigenvalue weighted by atomic mass is 9.93. The van der Waals surface area contributed by atoms with Crippen LogP contribution in [0.1, 0.15) is 36.9 Å². The Morgan fingerprint density at radius 3 is 2.71 bits per heavy atom. The van der Waals surface area contributed by atoms with Crippen LogP contribution in [0.3, 0.4) is 0 Å². The Morgan fingerprint density at radius 2 is 2.08 bits per heavy atom. The molecule has 0 atom stereocenters. The van der Waals surface area contributed by atoms with E-state index in [9.17, 15) is 4.79 Å². The van der Waals surface area contributed by atoms with Gasteiger partial charge >= 0.3 is 5.97 Å². The lowest BCUT2D eigenvalue weighted by Crippen LogP contribution is -2.31. The molecule has 8 nitrogen and oxygen atoms in total. The highest BCUT2D eigenvalue weighted by molar-refractivity contribution is 5.87. The highest BCUT2D eigenvalue weighted by Gasteiger charge is 2.22. The second-order valence-electron chi connectivity index (χ2n) is 5.81. The molecular weight excluding hydrogens is 312 g/mol. The number of nitrogens with two attached hydrogens (primary N) is 1. The van der Waals surface area contributed by atoms with Gasteiger partial charge in [-0.1, -0.05) is 0 Å². The summed E-state index contributed by atoms with van der Waals surface area (Å²) in [7, 11) is 0. The largest absolute Gasteiger partial charge is 0.478 e. The number of hydrogen-bond donors (Lipinski definition) is 4. The lowest BCUT2D eigenvalue weighted by molar-refractivity contribution is -0.131. The van der Waals surface area contributed by atoms with Crippen LogP contribution in [0.5, 0.6) is 0 Å². The summed E-state index contributed by atoms with van der Waals surface area (Å²) in [6.07, 6.45) is 6.33. The van der Waals surface area contributed by atoms with Crippen LogP contribution in [0.25, 0.3) is 6.08 Å². The number of nitrogens with zero attached hydrogens (tertiary/aromatic N) is 2. The molecule has 1 fully saturated rings. The van der Waals surface area contributed by atoms with E-state index in [-0.39, 0.29) is 24.7 Å². The maximum absolute atomic E-state index is 10.8. The molecule has 1 aromatic heterocycles. The summed E-state index contributed by atoms with van der Waals surface area (Å²) >= 11 is 0. The van der Waals surface area contributed by atoms with Crippen molar-refractivity contribution >= 4 is 23.8 Å². The van der Waals surface area contributed by atoms with Gasteiger partial charge in [0.1, 0.15) is 5.82 Å². The highest BCUT2D eigenvalue weighted by atomic mass is 16.5. The fourth-order valence-electron chi connectivity index (χ4n) is 2.85. The van der Waals surface area contributed by atoms with E-state index in [1.165, 1.54) is 6.08 Å². The van der Waals surface area contributed by atoms with Crippen LogP contribution in [-0.2, 0) is 9.53 Å². The first-order valence-electron chi connectivity index (χ1n) is 8.03. The summed E-state index contributed by atoms with van der Waals surface area (Å²) in [6.45, 7) is 2.18. The van der Waals surface area contributed by atoms with Gasteiger partial charge in [-0.3, -0.25) is 0 Å². The minimum absolute atomic E-state index is 0.0386. The van der Waals surface area contributed by atoms with Crippen molar-refractivity contribution in [3.05, 3.63) is 17.3 Å². The van der Waals surface area contributed by atoms with Gasteiger partial charge in [-0.15, -0.1) is 0 Å². The van der Waals surface area contributed by atoms with Crippen molar-refractivity contribution in [3.63, 3.8) is 0 Å². The third-order valence-electron chi connectivity index (χ3n) is 4.01. The zero-order chi connectivity index (χ0) is 17.5. The van der Waals surface area contributed by atoms with E-state index in [1.807, 2.05) is 0 Å². The van der Waals surface area contributed by atoms with Gasteiger partial charge in [0.25, 0.3) is 0 Å². The molecule has 132 valence electrons. The molecule has 1 aliphatic rings. The van der Waals surface area contributed by atoms with Crippen LogP contribution >= 0.6 is 0 Å². The monoisotopic (exact) mass is 336 g/mol. The molecule has 24 heavy (non-hydrogen) atoms. The third-order valence-corrected chi connectivity index (χ3v) is 4.01. The summed E-state index contributed by atoms with van der Waals surface area (Å²) in [5, 5.41) is 21.0. The third kappa shape index (κ3) is 5.17. The van der Waals surface area contributed by atoms with Crippen molar-refractivity contribution in [2.45, 2.75) is 44.8 Å². The van der Waals surface area contributed by atoms with Gasteiger partial charge in [0, 0.05) is 17.7 Å². The molecule has 0 radical (unpaired) electrons. The van der Waals surface area contributed by atoms with Crippen molar-refractivity contribution in [1.29, 1.82) is 0 Å². The number of rotatable bonds is 7. The van der Waals surface area contributed by atoms with Gasteiger partial charge in [-0.2, -0.15) is 4.98 Å². The Morgan fingerprint density at radius 1 is 1.38 bits per heavy atom. The lowest BCUT2D eigenvalue weighted by Gasteiger charge is -2.29. The molecule has 5 N–H and O–H groups in total. The normalized spacial score (nSPS) is 21.1. The zero-order valence-electron chi connectivity index (χ0n) is 13.7. The Kier molecular flexibility index (Phi) is 6.51. The summed E-state index contributed by atoms with van der Waals surface area (Å²) in [4.78, 5) is 19.1. The number of anilines is 2. The molecule has 0 spiro atoms. The summed E-state index contributed by atoms with van der Waals surface area (Å²) in [5.74, 6) is -0.321. The van der Waals surface area contributed by atoms with Crippen LogP contribution in [0.4, 0.5) is 11.8 Å². The fraction of sp³-hybridized carbons (Fsp3) is 0.562. The van der Waals surface area contributed by atoms with Crippen LogP contribution in [0.2, 0.25) is 0 Å². The van der Waals surface area contributed by atoms with Gasteiger partial charge in [0.15, 0.2) is 0 Å². The SMILES string of the molecule is Cc1nc(N)nc(N[C@H]2CC[C@@H](OCCO)CC2)c1C=CC(=O)O. The molecule has 0 amide bonds. The number of aryl methyl sites for hydroxylation is 1. The average Bonchev–Trinajstić information content (AvgIpc) is 2.53. The first-order chi connectivity index (χ1) is 11.5. The number of hydrogen-bond acceptors (Lipinski definition) is 7. The number of aromatic nitrogens is 2. The Bertz CT molecular complexity index is 598. The number of carbonyl (C=O) groups is 1. The van der Waals surface area contributed by atoms with Gasteiger partial charge in [0.2, 0.25) is 5.95 Å². The van der Waals surface area contributed by atoms with E-state index in [1.54, 1.807) is 6.92 Å². The molecule has 0 aromatic carbocycles. The predicted octanol–water partition coefficient (Wildman–Crippen LogP) is 1.20. The number of nitrogens with one attached hydrogen (secondary N) is 1. The molecule has 0 saturated heterocycles. The van der Waals surface area contributed by atoms with Crippen molar-refractivity contribution in [2.24, 2.45) is 0 Å². The molecule has 1 aliphatic carbocycles. The maximum Gasteiger partial charge on any atom is 0.328 e. The van der Waals surface area contributed by atoms with Crippen LogP contribution in [0, 0.1) is 6.92 Å². The van der Waals surface area contributed by atoms with Crippen molar-refractivity contribution in [2.75, 3.05) is 24.3 Å². The van der Waals surface area contributed by atoms with E-state index in [0.717, 1.165) is 31.8 Å². The number of nitrogen functional groups attached to an aromatic ring is 1. The topological polar surface area (TPSA) is 131 Å². The molecule has 1 saturated carbocycles.